The number of amides is 1. The van der Waals surface area contributed by atoms with E-state index in [9.17, 15) is 19.6 Å². The van der Waals surface area contributed by atoms with E-state index in [1.807, 2.05) is 0 Å². The molecule has 0 spiro atoms. The van der Waals surface area contributed by atoms with Gasteiger partial charge in [0.15, 0.2) is 17.3 Å². The van der Waals surface area contributed by atoms with Gasteiger partial charge in [-0.05, 0) is 23.8 Å². The van der Waals surface area contributed by atoms with Crippen molar-refractivity contribution in [3.8, 4) is 28.7 Å². The first-order chi connectivity index (χ1) is 11.4. The monoisotopic (exact) mass is 346 g/mol. The molecule has 0 fully saturated rings. The molecule has 0 bridgehead atoms. The molecule has 0 saturated heterocycles. The van der Waals surface area contributed by atoms with Crippen LogP contribution >= 0.6 is 11.6 Å². The van der Waals surface area contributed by atoms with E-state index in [2.05, 4.69) is 11.9 Å². The lowest BCUT2D eigenvalue weighted by atomic mass is 9.97. The van der Waals surface area contributed by atoms with Crippen LogP contribution in [0.1, 0.15) is 5.56 Å². The topological polar surface area (TPSA) is 82.4 Å². The van der Waals surface area contributed by atoms with Crippen LogP contribution in [0.2, 0.25) is 5.02 Å². The highest BCUT2D eigenvalue weighted by molar-refractivity contribution is 6.31. The first-order valence-electron chi connectivity index (χ1n) is 6.66. The smallest absolute Gasteiger partial charge is 0.247 e. The molecule has 0 atom stereocenters. The Labute approximate surface area is 142 Å². The van der Waals surface area contributed by atoms with Crippen molar-refractivity contribution >= 4 is 23.2 Å². The fourth-order valence-corrected chi connectivity index (χ4v) is 2.40. The lowest BCUT2D eigenvalue weighted by Crippen LogP contribution is -2.12. The number of phenols is 1. The van der Waals surface area contributed by atoms with E-state index in [-0.39, 0.29) is 17.0 Å². The molecule has 2 rings (SSSR count). The van der Waals surface area contributed by atoms with Crippen LogP contribution in [0.3, 0.4) is 0 Å². The average Bonchev–Trinajstić information content (AvgIpc) is 2.57. The van der Waals surface area contributed by atoms with Crippen molar-refractivity contribution in [1.29, 1.82) is 5.26 Å². The summed E-state index contributed by atoms with van der Waals surface area (Å²) >= 11 is 5.97. The predicted octanol–water partition coefficient (Wildman–Crippen LogP) is 3.86. The van der Waals surface area contributed by atoms with Crippen LogP contribution in [0, 0.1) is 17.1 Å². The second-order valence-electron chi connectivity index (χ2n) is 4.64. The number of ether oxygens (including phenoxy) is 1. The SMILES string of the molecule is C=CC(=O)Nc1c(C#N)c(F)c(O)c(OC)c1-c1cccc(Cl)c1. The van der Waals surface area contributed by atoms with Gasteiger partial charge >= 0.3 is 0 Å². The van der Waals surface area contributed by atoms with Crippen molar-refractivity contribution in [2.75, 3.05) is 12.4 Å². The Bertz CT molecular complexity index is 875. The summed E-state index contributed by atoms with van der Waals surface area (Å²) in [4.78, 5) is 11.7. The van der Waals surface area contributed by atoms with E-state index < -0.39 is 23.0 Å². The summed E-state index contributed by atoms with van der Waals surface area (Å²) in [6, 6.07) is 8.03. The summed E-state index contributed by atoms with van der Waals surface area (Å²) in [6.07, 6.45) is 0.972. The summed E-state index contributed by atoms with van der Waals surface area (Å²) in [5, 5.41) is 22.0. The Balaban J connectivity index is 2.92. The van der Waals surface area contributed by atoms with E-state index in [0.717, 1.165) is 6.08 Å². The van der Waals surface area contributed by atoms with Gasteiger partial charge in [0, 0.05) is 5.02 Å². The van der Waals surface area contributed by atoms with Crippen molar-refractivity contribution < 1.29 is 19.0 Å². The highest BCUT2D eigenvalue weighted by Crippen LogP contribution is 2.47. The van der Waals surface area contributed by atoms with Gasteiger partial charge in [-0.15, -0.1) is 0 Å². The largest absolute Gasteiger partial charge is 0.502 e. The summed E-state index contributed by atoms with van der Waals surface area (Å²) in [5.74, 6) is -2.91. The molecule has 0 radical (unpaired) electrons. The zero-order chi connectivity index (χ0) is 17.9. The van der Waals surface area contributed by atoms with Crippen molar-refractivity contribution in [2.24, 2.45) is 0 Å². The molecule has 0 aromatic heterocycles. The highest BCUT2D eigenvalue weighted by Gasteiger charge is 2.27. The lowest BCUT2D eigenvalue weighted by molar-refractivity contribution is -0.111. The molecule has 1 amide bonds. The standard InChI is InChI=1S/C17H12ClFN2O3/c1-3-12(22)21-15-11(8-20)14(19)16(23)17(24-2)13(15)9-5-4-6-10(18)7-9/h3-7,23H,1H2,2H3,(H,21,22). The van der Waals surface area contributed by atoms with Gasteiger partial charge in [-0.3, -0.25) is 4.79 Å². The molecule has 5 nitrogen and oxygen atoms in total. The second-order valence-corrected chi connectivity index (χ2v) is 5.07. The number of nitrogens with zero attached hydrogens (tertiary/aromatic N) is 1. The number of benzene rings is 2. The molecule has 2 aromatic carbocycles. The number of carbonyl (C=O) groups excluding carboxylic acids is 1. The van der Waals surface area contributed by atoms with E-state index in [0.29, 0.717) is 10.6 Å². The molecule has 0 saturated carbocycles. The molecule has 0 heterocycles. The molecule has 0 aliphatic carbocycles. The summed E-state index contributed by atoms with van der Waals surface area (Å²) < 4.78 is 19.4. The normalized spacial score (nSPS) is 9.92. The van der Waals surface area contributed by atoms with E-state index in [1.165, 1.54) is 13.2 Å². The number of methoxy groups -OCH3 is 1. The molecule has 0 unspecified atom stereocenters. The number of carbonyl (C=O) groups is 1. The van der Waals surface area contributed by atoms with Crippen LogP contribution in [0.25, 0.3) is 11.1 Å². The number of hydrogen-bond donors (Lipinski definition) is 2. The molecule has 7 heteroatoms. The van der Waals surface area contributed by atoms with E-state index >= 15 is 0 Å². The van der Waals surface area contributed by atoms with Crippen LogP contribution in [-0.2, 0) is 4.79 Å². The van der Waals surface area contributed by atoms with Crippen LogP contribution < -0.4 is 10.1 Å². The van der Waals surface area contributed by atoms with Gasteiger partial charge in [0.1, 0.15) is 11.6 Å². The molecule has 24 heavy (non-hydrogen) atoms. The first-order valence-corrected chi connectivity index (χ1v) is 7.04. The minimum absolute atomic E-state index is 0.130. The Hall–Kier alpha value is -3.04. The number of rotatable bonds is 4. The molecule has 2 N–H and O–H groups in total. The van der Waals surface area contributed by atoms with Gasteiger partial charge in [0.05, 0.1) is 18.4 Å². The summed E-state index contributed by atoms with van der Waals surface area (Å²) in [5.41, 5.74) is -0.119. The molecule has 2 aromatic rings. The van der Waals surface area contributed by atoms with Crippen molar-refractivity contribution in [2.45, 2.75) is 0 Å². The van der Waals surface area contributed by atoms with E-state index in [4.69, 9.17) is 16.3 Å². The Morgan fingerprint density at radius 2 is 2.25 bits per heavy atom. The predicted molar refractivity (Wildman–Crippen MR) is 88.6 cm³/mol. The molecular formula is C17H12ClFN2O3. The Morgan fingerprint density at radius 1 is 1.54 bits per heavy atom. The van der Waals surface area contributed by atoms with Crippen LogP contribution in [0.4, 0.5) is 10.1 Å². The van der Waals surface area contributed by atoms with Crippen molar-refractivity contribution in [1.82, 2.24) is 0 Å². The van der Waals surface area contributed by atoms with Crippen molar-refractivity contribution in [3.63, 3.8) is 0 Å². The maximum absolute atomic E-state index is 14.3. The van der Waals surface area contributed by atoms with Crippen LogP contribution in [-0.4, -0.2) is 18.1 Å². The molecule has 122 valence electrons. The minimum Gasteiger partial charge on any atom is -0.502 e. The quantitative estimate of drug-likeness (QED) is 0.650. The highest BCUT2D eigenvalue weighted by atomic mass is 35.5. The molecular weight excluding hydrogens is 335 g/mol. The fourth-order valence-electron chi connectivity index (χ4n) is 2.21. The number of halogens is 2. The van der Waals surface area contributed by atoms with Gasteiger partial charge in [0.2, 0.25) is 5.91 Å². The lowest BCUT2D eigenvalue weighted by Gasteiger charge is -2.18. The number of hydrogen-bond acceptors (Lipinski definition) is 4. The third-order valence-corrected chi connectivity index (χ3v) is 3.47. The third kappa shape index (κ3) is 3.03. The van der Waals surface area contributed by atoms with Crippen molar-refractivity contribution in [3.05, 3.63) is 53.3 Å². The second kappa shape index (κ2) is 7.02. The van der Waals surface area contributed by atoms with E-state index in [1.54, 1.807) is 24.3 Å². The zero-order valence-corrected chi connectivity index (χ0v) is 13.3. The average molecular weight is 347 g/mol. The van der Waals surface area contributed by atoms with Crippen LogP contribution in [0.15, 0.2) is 36.9 Å². The maximum atomic E-state index is 14.3. The van der Waals surface area contributed by atoms with Gasteiger partial charge < -0.3 is 15.2 Å². The fraction of sp³-hybridized carbons (Fsp3) is 0.0588. The van der Waals surface area contributed by atoms with Gasteiger partial charge in [-0.25, -0.2) is 4.39 Å². The van der Waals surface area contributed by atoms with Gasteiger partial charge in [-0.1, -0.05) is 30.3 Å². The summed E-state index contributed by atoms with van der Waals surface area (Å²) in [7, 11) is 1.23. The number of anilines is 1. The zero-order valence-electron chi connectivity index (χ0n) is 12.6. The number of nitrogens with one attached hydrogen (secondary N) is 1. The first kappa shape index (κ1) is 17.3. The van der Waals surface area contributed by atoms with Gasteiger partial charge in [-0.2, -0.15) is 5.26 Å². The molecule has 0 aliphatic rings. The summed E-state index contributed by atoms with van der Waals surface area (Å²) in [6.45, 7) is 3.32. The molecule has 0 aliphatic heterocycles. The Kier molecular flexibility index (Phi) is 5.07. The number of aromatic hydroxyl groups is 1. The minimum atomic E-state index is -1.19. The third-order valence-electron chi connectivity index (χ3n) is 3.23. The number of nitriles is 1. The van der Waals surface area contributed by atoms with Gasteiger partial charge in [0.25, 0.3) is 0 Å². The number of phenolic OH excluding ortho intramolecular Hbond substituents is 1. The maximum Gasteiger partial charge on any atom is 0.247 e. The van der Waals surface area contributed by atoms with Crippen LogP contribution in [0.5, 0.6) is 11.5 Å². The Morgan fingerprint density at radius 3 is 2.79 bits per heavy atom.